The molecule has 4 N–H and O–H groups in total. The molecule has 0 saturated carbocycles. The molecule has 0 aromatic carbocycles. The molecule has 88 valence electrons. The smallest absolute Gasteiger partial charge is 0.328 e. The minimum absolute atomic E-state index is 0.321. The maximum atomic E-state index is 11.4. The summed E-state index contributed by atoms with van der Waals surface area (Å²) in [5.74, 6) is -1.93. The summed E-state index contributed by atoms with van der Waals surface area (Å²) in [5.41, 5.74) is 0. The van der Waals surface area contributed by atoms with Gasteiger partial charge >= 0.3 is 5.97 Å². The van der Waals surface area contributed by atoms with Crippen LogP contribution >= 0.6 is 0 Å². The van der Waals surface area contributed by atoms with Crippen LogP contribution in [0.15, 0.2) is 0 Å². The van der Waals surface area contributed by atoms with Crippen LogP contribution in [0, 0.1) is 5.92 Å². The fourth-order valence-electron chi connectivity index (χ4n) is 0.953. The first kappa shape index (κ1) is 13.9. The van der Waals surface area contributed by atoms with Crippen molar-refractivity contribution in [3.05, 3.63) is 0 Å². The number of rotatable bonds is 7. The molecule has 0 fully saturated rings. The predicted molar refractivity (Wildman–Crippen MR) is 54.4 cm³/mol. The Bertz CT molecular complexity index is 220. The standard InChI is InChI=1S/C9H18N2O4/c1-3-10-4-6(2)8(13)11-7(5-12)9(14)15/h6-7,10,12H,3-5H2,1-2H3,(H,11,13)(H,14,15)/t6?,7-/m0/s1. The number of aliphatic carboxylic acids is 1. The van der Waals surface area contributed by atoms with Crippen molar-refractivity contribution >= 4 is 11.9 Å². The number of carboxylic acids is 1. The molecule has 0 bridgehead atoms. The summed E-state index contributed by atoms with van der Waals surface area (Å²) < 4.78 is 0. The highest BCUT2D eigenvalue weighted by atomic mass is 16.4. The van der Waals surface area contributed by atoms with Crippen molar-refractivity contribution in [1.29, 1.82) is 0 Å². The molecular formula is C9H18N2O4. The number of hydrogen-bond acceptors (Lipinski definition) is 4. The lowest BCUT2D eigenvalue weighted by Crippen LogP contribution is -2.46. The van der Waals surface area contributed by atoms with E-state index in [-0.39, 0.29) is 11.8 Å². The van der Waals surface area contributed by atoms with E-state index in [1.54, 1.807) is 6.92 Å². The van der Waals surface area contributed by atoms with Gasteiger partial charge in [-0.2, -0.15) is 0 Å². The average molecular weight is 218 g/mol. The monoisotopic (exact) mass is 218 g/mol. The maximum Gasteiger partial charge on any atom is 0.328 e. The maximum absolute atomic E-state index is 11.4. The van der Waals surface area contributed by atoms with Gasteiger partial charge in [-0.25, -0.2) is 4.79 Å². The highest BCUT2D eigenvalue weighted by Gasteiger charge is 2.21. The van der Waals surface area contributed by atoms with Crippen LogP contribution in [0.25, 0.3) is 0 Å². The fraction of sp³-hybridized carbons (Fsp3) is 0.778. The van der Waals surface area contributed by atoms with E-state index in [9.17, 15) is 9.59 Å². The van der Waals surface area contributed by atoms with E-state index >= 15 is 0 Å². The molecule has 1 amide bonds. The molecule has 6 nitrogen and oxygen atoms in total. The summed E-state index contributed by atoms with van der Waals surface area (Å²) in [6.45, 7) is 4.24. The number of amides is 1. The van der Waals surface area contributed by atoms with Crippen LogP contribution in [0.5, 0.6) is 0 Å². The van der Waals surface area contributed by atoms with Crippen LogP contribution in [0.4, 0.5) is 0 Å². The van der Waals surface area contributed by atoms with Gasteiger partial charge in [0, 0.05) is 12.5 Å². The van der Waals surface area contributed by atoms with E-state index < -0.39 is 18.6 Å². The summed E-state index contributed by atoms with van der Waals surface area (Å²) in [7, 11) is 0. The van der Waals surface area contributed by atoms with Gasteiger partial charge in [-0.05, 0) is 6.54 Å². The fourth-order valence-corrected chi connectivity index (χ4v) is 0.953. The molecule has 1 unspecified atom stereocenters. The van der Waals surface area contributed by atoms with Crippen molar-refractivity contribution in [2.24, 2.45) is 5.92 Å². The van der Waals surface area contributed by atoms with E-state index in [2.05, 4.69) is 10.6 Å². The number of hydrogen-bond donors (Lipinski definition) is 4. The van der Waals surface area contributed by atoms with Gasteiger partial charge < -0.3 is 20.8 Å². The molecule has 0 aliphatic heterocycles. The Balaban J connectivity index is 4.04. The highest BCUT2D eigenvalue weighted by molar-refractivity contribution is 5.84. The molecule has 0 saturated heterocycles. The zero-order valence-electron chi connectivity index (χ0n) is 8.99. The summed E-state index contributed by atoms with van der Waals surface area (Å²) in [6, 6.07) is -1.22. The second-order valence-electron chi connectivity index (χ2n) is 3.29. The number of aliphatic hydroxyl groups is 1. The molecule has 0 aliphatic rings. The van der Waals surface area contributed by atoms with Crippen LogP contribution in [0.1, 0.15) is 13.8 Å². The van der Waals surface area contributed by atoms with Gasteiger partial charge in [-0.1, -0.05) is 13.8 Å². The van der Waals surface area contributed by atoms with E-state index in [0.717, 1.165) is 6.54 Å². The van der Waals surface area contributed by atoms with Crippen molar-refractivity contribution in [2.75, 3.05) is 19.7 Å². The molecule has 0 spiro atoms. The third-order valence-electron chi connectivity index (χ3n) is 1.95. The molecule has 0 radical (unpaired) electrons. The van der Waals surface area contributed by atoms with Gasteiger partial charge in [-0.3, -0.25) is 4.79 Å². The third-order valence-corrected chi connectivity index (χ3v) is 1.95. The van der Waals surface area contributed by atoms with E-state index in [4.69, 9.17) is 10.2 Å². The molecule has 6 heteroatoms. The minimum Gasteiger partial charge on any atom is -0.480 e. The second kappa shape index (κ2) is 7.19. The minimum atomic E-state index is -1.23. The van der Waals surface area contributed by atoms with E-state index in [0.29, 0.717) is 6.54 Å². The van der Waals surface area contributed by atoms with Crippen LogP contribution in [-0.2, 0) is 9.59 Å². The number of carboxylic acid groups (broad SMARTS) is 1. The molecule has 0 aliphatic carbocycles. The van der Waals surface area contributed by atoms with Crippen molar-refractivity contribution in [1.82, 2.24) is 10.6 Å². The van der Waals surface area contributed by atoms with Crippen LogP contribution in [-0.4, -0.2) is 47.8 Å². The Kier molecular flexibility index (Phi) is 6.64. The van der Waals surface area contributed by atoms with Gasteiger partial charge in [-0.15, -0.1) is 0 Å². The Morgan fingerprint density at radius 1 is 1.40 bits per heavy atom. The molecule has 0 heterocycles. The van der Waals surface area contributed by atoms with Gasteiger partial charge in [0.2, 0.25) is 5.91 Å². The lowest BCUT2D eigenvalue weighted by molar-refractivity contribution is -0.143. The van der Waals surface area contributed by atoms with Crippen molar-refractivity contribution in [3.63, 3.8) is 0 Å². The Labute approximate surface area is 88.7 Å². The molecule has 0 aromatic heterocycles. The molecule has 2 atom stereocenters. The molecule has 0 rings (SSSR count). The van der Waals surface area contributed by atoms with Gasteiger partial charge in [0.05, 0.1) is 6.61 Å². The third kappa shape index (κ3) is 5.34. The van der Waals surface area contributed by atoms with Crippen molar-refractivity contribution in [2.45, 2.75) is 19.9 Å². The Morgan fingerprint density at radius 3 is 2.40 bits per heavy atom. The van der Waals surface area contributed by atoms with Gasteiger partial charge in [0.25, 0.3) is 0 Å². The zero-order valence-corrected chi connectivity index (χ0v) is 8.99. The molecular weight excluding hydrogens is 200 g/mol. The van der Waals surface area contributed by atoms with E-state index in [1.165, 1.54) is 0 Å². The predicted octanol–water partition coefficient (Wildman–Crippen LogP) is -1.21. The molecule has 15 heavy (non-hydrogen) atoms. The molecule has 0 aromatic rings. The van der Waals surface area contributed by atoms with E-state index in [1.807, 2.05) is 6.92 Å². The number of carbonyl (C=O) groups excluding carboxylic acids is 1. The van der Waals surface area contributed by atoms with Gasteiger partial charge in [0.1, 0.15) is 6.04 Å². The Hall–Kier alpha value is -1.14. The lowest BCUT2D eigenvalue weighted by Gasteiger charge is -2.16. The Morgan fingerprint density at radius 2 is 2.00 bits per heavy atom. The number of aliphatic hydroxyl groups excluding tert-OH is 1. The summed E-state index contributed by atoms with van der Waals surface area (Å²) in [5, 5.41) is 22.5. The topological polar surface area (TPSA) is 98.7 Å². The van der Waals surface area contributed by atoms with Crippen molar-refractivity contribution < 1.29 is 19.8 Å². The first-order valence-electron chi connectivity index (χ1n) is 4.87. The van der Waals surface area contributed by atoms with Crippen molar-refractivity contribution in [3.8, 4) is 0 Å². The zero-order chi connectivity index (χ0) is 11.8. The highest BCUT2D eigenvalue weighted by Crippen LogP contribution is 1.94. The SMILES string of the molecule is CCNCC(C)C(=O)N[C@@H](CO)C(=O)O. The largest absolute Gasteiger partial charge is 0.480 e. The summed E-state index contributed by atoms with van der Waals surface area (Å²) >= 11 is 0. The first-order valence-corrected chi connectivity index (χ1v) is 4.87. The average Bonchev–Trinajstić information content (AvgIpc) is 2.21. The summed E-state index contributed by atoms with van der Waals surface area (Å²) in [4.78, 5) is 21.9. The lowest BCUT2D eigenvalue weighted by atomic mass is 10.1. The van der Waals surface area contributed by atoms with Crippen LogP contribution in [0.2, 0.25) is 0 Å². The number of carbonyl (C=O) groups is 2. The summed E-state index contributed by atoms with van der Waals surface area (Å²) in [6.07, 6.45) is 0. The first-order chi connectivity index (χ1) is 7.02. The second-order valence-corrected chi connectivity index (χ2v) is 3.29. The van der Waals surface area contributed by atoms with Gasteiger partial charge in [0.15, 0.2) is 0 Å². The quantitative estimate of drug-likeness (QED) is 0.430. The van der Waals surface area contributed by atoms with Crippen LogP contribution < -0.4 is 10.6 Å². The number of nitrogens with one attached hydrogen (secondary N) is 2. The van der Waals surface area contributed by atoms with Crippen LogP contribution in [0.3, 0.4) is 0 Å². The normalized spacial score (nSPS) is 14.3.